The highest BCUT2D eigenvalue weighted by molar-refractivity contribution is 7.20. The van der Waals surface area contributed by atoms with Crippen molar-refractivity contribution in [1.82, 2.24) is 29.1 Å². The van der Waals surface area contributed by atoms with E-state index in [2.05, 4.69) is 100 Å². The van der Waals surface area contributed by atoms with Crippen molar-refractivity contribution in [2.45, 2.75) is 0 Å². The second-order valence-electron chi connectivity index (χ2n) is 13.5. The Morgan fingerprint density at radius 1 is 0.444 bits per heavy atom. The molecule has 0 spiro atoms. The number of thiazole rings is 1. The molecule has 0 radical (unpaired) electrons. The Balaban J connectivity index is 1.24. The van der Waals surface area contributed by atoms with E-state index in [1.807, 2.05) is 66.7 Å². The lowest BCUT2D eigenvalue weighted by atomic mass is 10.1. The number of rotatable bonds is 4. The van der Waals surface area contributed by atoms with Crippen LogP contribution in [0.5, 0.6) is 0 Å². The van der Waals surface area contributed by atoms with Crippen LogP contribution >= 0.6 is 11.3 Å². The smallest absolute Gasteiger partial charge is 0.238 e. The molecule has 12 aromatic rings. The van der Waals surface area contributed by atoms with Crippen molar-refractivity contribution in [3.8, 4) is 33.9 Å². The first-order valence-electron chi connectivity index (χ1n) is 17.8. The molecule has 8 heteroatoms. The number of hydrogen-bond donors (Lipinski definition) is 0. The van der Waals surface area contributed by atoms with Gasteiger partial charge in [-0.15, -0.1) is 0 Å². The van der Waals surface area contributed by atoms with E-state index in [4.69, 9.17) is 24.4 Å². The largest absolute Gasteiger partial charge is 0.455 e. The average Bonchev–Trinajstić information content (AvgIpc) is 4.00. The van der Waals surface area contributed by atoms with Crippen LogP contribution in [-0.4, -0.2) is 29.1 Å². The molecule has 0 saturated heterocycles. The zero-order valence-electron chi connectivity index (χ0n) is 28.5. The molecule has 0 saturated carbocycles. The number of nitrogens with zero attached hydrogens (tertiary/aromatic N) is 6. The summed E-state index contributed by atoms with van der Waals surface area (Å²) in [5.41, 5.74) is 8.39. The number of para-hydroxylation sites is 5. The third-order valence-corrected chi connectivity index (χ3v) is 11.5. The van der Waals surface area contributed by atoms with Crippen LogP contribution in [0.15, 0.2) is 162 Å². The fraction of sp³-hybridized carbons (Fsp3) is 0. The third-order valence-electron chi connectivity index (χ3n) is 10.4. The third kappa shape index (κ3) is 4.17. The van der Waals surface area contributed by atoms with Crippen LogP contribution in [-0.2, 0) is 0 Å². The summed E-state index contributed by atoms with van der Waals surface area (Å²) in [5, 5.41) is 7.48. The van der Waals surface area contributed by atoms with Gasteiger partial charge in [0.25, 0.3) is 0 Å². The zero-order valence-corrected chi connectivity index (χ0v) is 29.3. The quantitative estimate of drug-likeness (QED) is 0.182. The fourth-order valence-electron chi connectivity index (χ4n) is 8.09. The SMILES string of the molecule is c1ccc(-c2nc(-c3cccc4c3oc3ccccc34)nc(-n3c4ccccc4c4ccc5c6ccccc6n(-c6nc7ccccc7s6)c5c43)n2)cc1. The van der Waals surface area contributed by atoms with E-state index in [-0.39, 0.29) is 0 Å². The number of furan rings is 1. The molecule has 0 fully saturated rings. The van der Waals surface area contributed by atoms with Crippen molar-refractivity contribution < 1.29 is 4.42 Å². The lowest BCUT2D eigenvalue weighted by molar-refractivity contribution is 0.669. The molecule has 54 heavy (non-hydrogen) atoms. The summed E-state index contributed by atoms with van der Waals surface area (Å²) in [7, 11) is 0. The second kappa shape index (κ2) is 11.2. The first kappa shape index (κ1) is 29.4. The summed E-state index contributed by atoms with van der Waals surface area (Å²) in [6.07, 6.45) is 0. The molecule has 5 aromatic heterocycles. The van der Waals surface area contributed by atoms with E-state index in [1.54, 1.807) is 11.3 Å². The van der Waals surface area contributed by atoms with E-state index >= 15 is 0 Å². The first-order chi connectivity index (χ1) is 26.8. The number of benzene rings is 7. The number of fused-ring (bicyclic) bond motifs is 11. The molecular formula is C46H26N6OS. The Hall–Kier alpha value is -7.16. The summed E-state index contributed by atoms with van der Waals surface area (Å²) in [6, 6.07) is 54.3. The van der Waals surface area contributed by atoms with Crippen molar-refractivity contribution in [2.24, 2.45) is 0 Å². The Bertz CT molecular complexity index is 3430. The van der Waals surface area contributed by atoms with Gasteiger partial charge >= 0.3 is 0 Å². The standard InChI is InChI=1S/C46H26N6OS/c1-2-13-27(14-3-1)43-48-44(34-19-12-18-33-30-17-6-10-23-38(30)53-42(33)34)50-45(49-43)51-36-21-8-4-15-28(36)31-25-26-32-29-16-5-9-22-37(29)52(41(32)40(31)51)46-47-35-20-7-11-24-39(35)54-46/h1-26H. The summed E-state index contributed by atoms with van der Waals surface area (Å²) in [4.78, 5) is 21.0. The molecule has 7 nitrogen and oxygen atoms in total. The van der Waals surface area contributed by atoms with Gasteiger partial charge < -0.3 is 4.42 Å². The van der Waals surface area contributed by atoms with E-state index in [0.29, 0.717) is 17.6 Å². The molecule has 252 valence electrons. The minimum Gasteiger partial charge on any atom is -0.455 e. The fourth-order valence-corrected chi connectivity index (χ4v) is 9.07. The maximum absolute atomic E-state index is 6.52. The van der Waals surface area contributed by atoms with Gasteiger partial charge in [-0.1, -0.05) is 133 Å². The average molecular weight is 711 g/mol. The molecule has 0 aliphatic carbocycles. The van der Waals surface area contributed by atoms with E-state index < -0.39 is 0 Å². The van der Waals surface area contributed by atoms with Crippen molar-refractivity contribution in [3.05, 3.63) is 158 Å². The lowest BCUT2D eigenvalue weighted by Gasteiger charge is -2.12. The van der Waals surface area contributed by atoms with Crippen molar-refractivity contribution >= 4 is 87.1 Å². The van der Waals surface area contributed by atoms with Gasteiger partial charge in [0.2, 0.25) is 5.95 Å². The predicted octanol–water partition coefficient (Wildman–Crippen LogP) is 11.9. The minimum absolute atomic E-state index is 0.520. The summed E-state index contributed by atoms with van der Waals surface area (Å²) in [6.45, 7) is 0. The summed E-state index contributed by atoms with van der Waals surface area (Å²) in [5.74, 6) is 1.63. The Morgan fingerprint density at radius 3 is 1.87 bits per heavy atom. The Kier molecular flexibility index (Phi) is 6.09. The van der Waals surface area contributed by atoms with E-state index in [0.717, 1.165) is 92.0 Å². The predicted molar refractivity (Wildman–Crippen MR) is 220 cm³/mol. The summed E-state index contributed by atoms with van der Waals surface area (Å²) >= 11 is 1.69. The van der Waals surface area contributed by atoms with Crippen LogP contribution in [0, 0.1) is 0 Å². The molecule has 0 amide bonds. The highest BCUT2D eigenvalue weighted by Gasteiger charge is 2.25. The molecule has 0 aliphatic heterocycles. The van der Waals surface area contributed by atoms with Crippen LogP contribution in [0.1, 0.15) is 0 Å². The topological polar surface area (TPSA) is 74.6 Å². The van der Waals surface area contributed by atoms with E-state index in [9.17, 15) is 0 Å². The van der Waals surface area contributed by atoms with Gasteiger partial charge in [0, 0.05) is 37.9 Å². The van der Waals surface area contributed by atoms with Gasteiger partial charge in [0.15, 0.2) is 16.8 Å². The van der Waals surface area contributed by atoms with Gasteiger partial charge in [0.1, 0.15) is 11.2 Å². The monoisotopic (exact) mass is 710 g/mol. The van der Waals surface area contributed by atoms with Gasteiger partial charge in [-0.3, -0.25) is 9.13 Å². The van der Waals surface area contributed by atoms with Gasteiger partial charge in [-0.2, -0.15) is 9.97 Å². The Morgan fingerprint density at radius 2 is 1.07 bits per heavy atom. The molecule has 0 aliphatic rings. The zero-order chi connectivity index (χ0) is 35.3. The molecule has 0 atom stereocenters. The van der Waals surface area contributed by atoms with Crippen LogP contribution in [0.25, 0.3) is 110 Å². The molecule has 0 N–H and O–H groups in total. The maximum Gasteiger partial charge on any atom is 0.238 e. The van der Waals surface area contributed by atoms with Crippen molar-refractivity contribution in [2.75, 3.05) is 0 Å². The molecule has 7 aromatic carbocycles. The minimum atomic E-state index is 0.520. The number of aromatic nitrogens is 6. The molecule has 5 heterocycles. The summed E-state index contributed by atoms with van der Waals surface area (Å²) < 4.78 is 12.2. The maximum atomic E-state index is 6.52. The number of hydrogen-bond acceptors (Lipinski definition) is 6. The van der Waals surface area contributed by atoms with Gasteiger partial charge in [-0.05, 0) is 36.4 Å². The van der Waals surface area contributed by atoms with Crippen molar-refractivity contribution in [1.29, 1.82) is 0 Å². The highest BCUT2D eigenvalue weighted by Crippen LogP contribution is 2.43. The highest BCUT2D eigenvalue weighted by atomic mass is 32.1. The van der Waals surface area contributed by atoms with E-state index in [1.165, 1.54) is 0 Å². The Labute approximate surface area is 311 Å². The van der Waals surface area contributed by atoms with Crippen molar-refractivity contribution in [3.63, 3.8) is 0 Å². The first-order valence-corrected chi connectivity index (χ1v) is 18.6. The normalized spacial score (nSPS) is 12.1. The van der Waals surface area contributed by atoms with Crippen LogP contribution < -0.4 is 0 Å². The van der Waals surface area contributed by atoms with Crippen LogP contribution in [0.3, 0.4) is 0 Å². The van der Waals surface area contributed by atoms with Crippen LogP contribution in [0.2, 0.25) is 0 Å². The van der Waals surface area contributed by atoms with Gasteiger partial charge in [0.05, 0.1) is 37.8 Å². The van der Waals surface area contributed by atoms with Gasteiger partial charge in [-0.25, -0.2) is 9.97 Å². The second-order valence-corrected chi connectivity index (χ2v) is 14.5. The molecule has 12 rings (SSSR count). The molecule has 0 unspecified atom stereocenters. The van der Waals surface area contributed by atoms with Crippen LogP contribution in [0.4, 0.5) is 0 Å². The molecular weight excluding hydrogens is 685 g/mol. The molecule has 0 bridgehead atoms. The lowest BCUT2D eigenvalue weighted by Crippen LogP contribution is -2.07.